The van der Waals surface area contributed by atoms with Crippen molar-refractivity contribution in [3.05, 3.63) is 43.0 Å². The number of hydrogen-bond acceptors (Lipinski definition) is 2. The number of nitrogens with zero attached hydrogens (tertiary/aromatic N) is 1. The van der Waals surface area contributed by atoms with Crippen molar-refractivity contribution in [2.24, 2.45) is 5.92 Å². The lowest BCUT2D eigenvalue weighted by molar-refractivity contribution is -0.127. The van der Waals surface area contributed by atoms with Crippen molar-refractivity contribution in [3.63, 3.8) is 0 Å². The second kappa shape index (κ2) is 4.17. The summed E-state index contributed by atoms with van der Waals surface area (Å²) in [5.41, 5.74) is 0. The Morgan fingerprint density at radius 2 is 2.47 bits per heavy atom. The maximum absolute atomic E-state index is 11.7. The van der Waals surface area contributed by atoms with Gasteiger partial charge < -0.3 is 9.32 Å². The van der Waals surface area contributed by atoms with Crippen LogP contribution in [0, 0.1) is 5.92 Å². The summed E-state index contributed by atoms with van der Waals surface area (Å²) < 4.78 is 5.15. The van der Waals surface area contributed by atoms with Crippen LogP contribution in [0.5, 0.6) is 0 Å². The van der Waals surface area contributed by atoms with Crippen molar-refractivity contribution in [3.8, 4) is 0 Å². The largest absolute Gasteiger partial charge is 0.465 e. The van der Waals surface area contributed by atoms with Crippen LogP contribution in [0.1, 0.15) is 12.2 Å². The number of rotatable bonds is 3. The number of hydrogen-bond donors (Lipinski definition) is 0. The van der Waals surface area contributed by atoms with E-state index in [1.54, 1.807) is 17.4 Å². The summed E-state index contributed by atoms with van der Waals surface area (Å²) in [6, 6.07) is 3.69. The minimum atomic E-state index is -0.0342. The van der Waals surface area contributed by atoms with Crippen LogP contribution in [0.3, 0.4) is 0 Å². The van der Waals surface area contributed by atoms with Crippen molar-refractivity contribution >= 4 is 12.0 Å². The fourth-order valence-electron chi connectivity index (χ4n) is 1.68. The molecule has 0 radical (unpaired) electrons. The van der Waals surface area contributed by atoms with Gasteiger partial charge >= 0.3 is 0 Å². The molecule has 2 heterocycles. The molecular weight excluding hydrogens is 190 g/mol. The van der Waals surface area contributed by atoms with E-state index in [1.165, 1.54) is 0 Å². The first-order valence-electron chi connectivity index (χ1n) is 4.96. The Labute approximate surface area is 88.7 Å². The van der Waals surface area contributed by atoms with E-state index in [1.807, 2.05) is 24.3 Å². The van der Waals surface area contributed by atoms with Crippen molar-refractivity contribution in [2.75, 3.05) is 6.54 Å². The molecule has 0 aromatic carbocycles. The summed E-state index contributed by atoms with van der Waals surface area (Å²) in [5, 5.41) is 0. The van der Waals surface area contributed by atoms with Crippen LogP contribution in [0.15, 0.2) is 41.7 Å². The number of amides is 1. The van der Waals surface area contributed by atoms with E-state index in [9.17, 15) is 4.79 Å². The molecule has 15 heavy (non-hydrogen) atoms. The van der Waals surface area contributed by atoms with Gasteiger partial charge in [-0.05, 0) is 30.8 Å². The number of likely N-dealkylation sites (tertiary alicyclic amines) is 1. The zero-order chi connectivity index (χ0) is 10.7. The van der Waals surface area contributed by atoms with E-state index in [0.29, 0.717) is 0 Å². The molecule has 1 unspecified atom stereocenters. The van der Waals surface area contributed by atoms with Crippen LogP contribution in [-0.4, -0.2) is 17.4 Å². The fourth-order valence-corrected chi connectivity index (χ4v) is 1.68. The first kappa shape index (κ1) is 9.77. The zero-order valence-electron chi connectivity index (χ0n) is 8.43. The van der Waals surface area contributed by atoms with Gasteiger partial charge in [0.15, 0.2) is 0 Å². The van der Waals surface area contributed by atoms with Gasteiger partial charge in [-0.15, -0.1) is 0 Å². The molecule has 0 aliphatic carbocycles. The standard InChI is InChI=1S/C12H13NO2/c1-2-13-8-7-10(12(13)14)5-6-11-4-3-9-15-11/h2-6,9-10H,1,7-8H2. The molecular formula is C12H13NO2. The summed E-state index contributed by atoms with van der Waals surface area (Å²) >= 11 is 0. The molecule has 1 fully saturated rings. The number of carbonyl (C=O) groups is 1. The van der Waals surface area contributed by atoms with Gasteiger partial charge in [-0.3, -0.25) is 4.79 Å². The van der Waals surface area contributed by atoms with Gasteiger partial charge in [-0.1, -0.05) is 12.7 Å². The minimum absolute atomic E-state index is 0.0342. The SMILES string of the molecule is C=CN1CCC(C=Cc2ccco2)C1=O. The van der Waals surface area contributed by atoms with E-state index >= 15 is 0 Å². The van der Waals surface area contributed by atoms with Gasteiger partial charge in [-0.25, -0.2) is 0 Å². The molecule has 0 spiro atoms. The minimum Gasteiger partial charge on any atom is -0.465 e. The summed E-state index contributed by atoms with van der Waals surface area (Å²) in [6.45, 7) is 4.36. The highest BCUT2D eigenvalue weighted by atomic mass is 16.3. The topological polar surface area (TPSA) is 33.5 Å². The molecule has 1 saturated heterocycles. The molecule has 1 aliphatic rings. The van der Waals surface area contributed by atoms with Gasteiger partial charge in [0.1, 0.15) is 5.76 Å². The molecule has 2 rings (SSSR count). The third kappa shape index (κ3) is 2.01. The Morgan fingerprint density at radius 1 is 1.60 bits per heavy atom. The molecule has 1 aromatic rings. The molecule has 1 atom stereocenters. The monoisotopic (exact) mass is 203 g/mol. The van der Waals surface area contributed by atoms with Crippen molar-refractivity contribution in [1.82, 2.24) is 4.90 Å². The quantitative estimate of drug-likeness (QED) is 0.755. The summed E-state index contributed by atoms with van der Waals surface area (Å²) in [7, 11) is 0. The van der Waals surface area contributed by atoms with Gasteiger partial charge in [0.05, 0.1) is 12.2 Å². The van der Waals surface area contributed by atoms with Gasteiger partial charge in [0.25, 0.3) is 0 Å². The third-order valence-electron chi connectivity index (χ3n) is 2.54. The van der Waals surface area contributed by atoms with E-state index in [0.717, 1.165) is 18.7 Å². The van der Waals surface area contributed by atoms with Gasteiger partial charge in [0.2, 0.25) is 5.91 Å². The number of furan rings is 1. The first-order chi connectivity index (χ1) is 7.31. The lowest BCUT2D eigenvalue weighted by Crippen LogP contribution is -2.20. The van der Waals surface area contributed by atoms with Crippen molar-refractivity contribution in [1.29, 1.82) is 0 Å². The predicted molar refractivity (Wildman–Crippen MR) is 57.8 cm³/mol. The highest BCUT2D eigenvalue weighted by molar-refractivity contribution is 5.84. The molecule has 1 aliphatic heterocycles. The summed E-state index contributed by atoms with van der Waals surface area (Å²) in [5.74, 6) is 0.862. The Kier molecular flexibility index (Phi) is 2.72. The lowest BCUT2D eigenvalue weighted by Gasteiger charge is -2.07. The summed E-state index contributed by atoms with van der Waals surface area (Å²) in [6.07, 6.45) is 7.79. The molecule has 1 amide bonds. The van der Waals surface area contributed by atoms with Crippen LogP contribution < -0.4 is 0 Å². The lowest BCUT2D eigenvalue weighted by atomic mass is 10.1. The second-order valence-corrected chi connectivity index (χ2v) is 3.48. The van der Waals surface area contributed by atoms with Crippen LogP contribution in [0.4, 0.5) is 0 Å². The van der Waals surface area contributed by atoms with Crippen LogP contribution in [0.2, 0.25) is 0 Å². The molecule has 78 valence electrons. The molecule has 1 aromatic heterocycles. The molecule has 0 saturated carbocycles. The average Bonchev–Trinajstić information content (AvgIpc) is 2.85. The molecule has 3 nitrogen and oxygen atoms in total. The zero-order valence-corrected chi connectivity index (χ0v) is 8.43. The average molecular weight is 203 g/mol. The second-order valence-electron chi connectivity index (χ2n) is 3.48. The predicted octanol–water partition coefficient (Wildman–Crippen LogP) is 2.28. The Hall–Kier alpha value is -1.77. The smallest absolute Gasteiger partial charge is 0.233 e. The molecule has 0 bridgehead atoms. The Morgan fingerprint density at radius 3 is 3.07 bits per heavy atom. The van der Waals surface area contributed by atoms with E-state index < -0.39 is 0 Å². The van der Waals surface area contributed by atoms with Crippen LogP contribution in [0.25, 0.3) is 6.08 Å². The van der Waals surface area contributed by atoms with Crippen molar-refractivity contribution in [2.45, 2.75) is 6.42 Å². The maximum Gasteiger partial charge on any atom is 0.233 e. The van der Waals surface area contributed by atoms with Crippen molar-refractivity contribution < 1.29 is 9.21 Å². The van der Waals surface area contributed by atoms with Gasteiger partial charge in [-0.2, -0.15) is 0 Å². The van der Waals surface area contributed by atoms with E-state index in [2.05, 4.69) is 6.58 Å². The first-order valence-corrected chi connectivity index (χ1v) is 4.96. The summed E-state index contributed by atoms with van der Waals surface area (Å²) in [4.78, 5) is 13.3. The highest BCUT2D eigenvalue weighted by Gasteiger charge is 2.27. The van der Waals surface area contributed by atoms with E-state index in [4.69, 9.17) is 4.42 Å². The molecule has 0 N–H and O–H groups in total. The highest BCUT2D eigenvalue weighted by Crippen LogP contribution is 2.20. The van der Waals surface area contributed by atoms with Gasteiger partial charge in [0, 0.05) is 6.54 Å². The Bertz CT molecular complexity index is 378. The maximum atomic E-state index is 11.7. The van der Waals surface area contributed by atoms with Crippen LogP contribution in [-0.2, 0) is 4.79 Å². The fraction of sp³-hybridized carbons (Fsp3) is 0.250. The van der Waals surface area contributed by atoms with E-state index in [-0.39, 0.29) is 11.8 Å². The third-order valence-corrected chi connectivity index (χ3v) is 2.54. The molecule has 3 heteroatoms. The number of carbonyl (C=O) groups excluding carboxylic acids is 1. The Balaban J connectivity index is 2.02. The normalized spacial score (nSPS) is 21.5. The van der Waals surface area contributed by atoms with Crippen LogP contribution >= 0.6 is 0 Å².